The van der Waals surface area contributed by atoms with E-state index in [1.165, 1.54) is 5.56 Å². The summed E-state index contributed by atoms with van der Waals surface area (Å²) in [5.41, 5.74) is 6.49. The van der Waals surface area contributed by atoms with Crippen molar-refractivity contribution >= 4 is 11.4 Å². The molecule has 4 heteroatoms. The Kier molecular flexibility index (Phi) is 4.04. The predicted molar refractivity (Wildman–Crippen MR) is 71.8 cm³/mol. The number of nitrogens with one attached hydrogen (secondary N) is 1. The van der Waals surface area contributed by atoms with E-state index in [4.69, 9.17) is 4.84 Å². The number of hydrogen-bond donors (Lipinski definition) is 1. The minimum atomic E-state index is 0.457. The highest BCUT2D eigenvalue weighted by atomic mass is 16.6. The number of nitrogens with zero attached hydrogens (tertiary/aromatic N) is 1. The molecule has 0 radical (unpaired) electrons. The molecule has 92 valence electrons. The van der Waals surface area contributed by atoms with Crippen LogP contribution in [0.3, 0.4) is 0 Å². The molecular formula is C14H14N2O2. The van der Waals surface area contributed by atoms with Crippen LogP contribution in [0.4, 0.5) is 11.4 Å². The Hall–Kier alpha value is -2.20. The lowest BCUT2D eigenvalue weighted by Gasteiger charge is -2.05. The zero-order chi connectivity index (χ0) is 12.8. The Morgan fingerprint density at radius 3 is 2.06 bits per heavy atom. The van der Waals surface area contributed by atoms with Gasteiger partial charge in [-0.15, -0.1) is 4.91 Å². The van der Waals surface area contributed by atoms with Gasteiger partial charge in [0.25, 0.3) is 0 Å². The average Bonchev–Trinajstić information content (AvgIpc) is 2.42. The molecule has 0 amide bonds. The van der Waals surface area contributed by atoms with E-state index in [0.717, 1.165) is 17.7 Å². The maximum atomic E-state index is 10.3. The van der Waals surface area contributed by atoms with Gasteiger partial charge >= 0.3 is 0 Å². The van der Waals surface area contributed by atoms with Crippen molar-refractivity contribution in [1.29, 1.82) is 0 Å². The van der Waals surface area contributed by atoms with Gasteiger partial charge in [-0.25, -0.2) is 0 Å². The molecule has 0 aromatic heterocycles. The smallest absolute Gasteiger partial charge is 0.108 e. The topological polar surface area (TPSA) is 50.7 Å². The van der Waals surface area contributed by atoms with Gasteiger partial charge in [-0.05, 0) is 47.0 Å². The highest BCUT2D eigenvalue weighted by Gasteiger charge is 1.98. The fraction of sp³-hybridized carbons (Fsp3) is 0.143. The van der Waals surface area contributed by atoms with Crippen LogP contribution in [0.2, 0.25) is 0 Å². The fourth-order valence-electron chi connectivity index (χ4n) is 1.72. The van der Waals surface area contributed by atoms with Gasteiger partial charge in [-0.1, -0.05) is 24.3 Å². The van der Waals surface area contributed by atoms with Crippen LogP contribution in [0.15, 0.2) is 53.7 Å². The molecule has 0 bridgehead atoms. The lowest BCUT2D eigenvalue weighted by atomic mass is 10.0. The standard InChI is InChI=1S/C14H14N2O2/c1-18-16-14-8-4-12(5-9-14)10-11-2-6-13(15-17)7-3-11/h2-9,16H,10H2,1H3. The molecule has 2 aromatic carbocycles. The number of benzene rings is 2. The van der Waals surface area contributed by atoms with Crippen molar-refractivity contribution in [2.45, 2.75) is 6.42 Å². The molecule has 2 rings (SSSR count). The summed E-state index contributed by atoms with van der Waals surface area (Å²) in [6.45, 7) is 0. The normalized spacial score (nSPS) is 10.1. The third-order valence-electron chi connectivity index (χ3n) is 2.62. The summed E-state index contributed by atoms with van der Waals surface area (Å²) in [6.07, 6.45) is 0.826. The van der Waals surface area contributed by atoms with Crippen molar-refractivity contribution in [2.24, 2.45) is 5.18 Å². The maximum Gasteiger partial charge on any atom is 0.108 e. The van der Waals surface area contributed by atoms with Crippen LogP contribution < -0.4 is 5.48 Å². The molecule has 2 aromatic rings. The zero-order valence-corrected chi connectivity index (χ0v) is 10.1. The van der Waals surface area contributed by atoms with Crippen molar-refractivity contribution < 1.29 is 4.84 Å². The van der Waals surface area contributed by atoms with Crippen LogP contribution in [-0.2, 0) is 11.3 Å². The molecule has 0 aliphatic rings. The third kappa shape index (κ3) is 3.15. The fourth-order valence-corrected chi connectivity index (χ4v) is 1.72. The minimum Gasteiger partial charge on any atom is -0.279 e. The SMILES string of the molecule is CONc1ccc(Cc2ccc(N=O)cc2)cc1. The number of nitroso groups, excluding NO2 is 1. The van der Waals surface area contributed by atoms with E-state index in [2.05, 4.69) is 10.7 Å². The third-order valence-corrected chi connectivity index (χ3v) is 2.62. The molecule has 0 fully saturated rings. The summed E-state index contributed by atoms with van der Waals surface area (Å²) in [5.74, 6) is 0. The van der Waals surface area contributed by atoms with Crippen molar-refractivity contribution in [2.75, 3.05) is 12.6 Å². The summed E-state index contributed by atoms with van der Waals surface area (Å²) in [5, 5.41) is 2.88. The van der Waals surface area contributed by atoms with Gasteiger partial charge in [-0.2, -0.15) is 0 Å². The van der Waals surface area contributed by atoms with Gasteiger partial charge in [0.2, 0.25) is 0 Å². The van der Waals surface area contributed by atoms with Crippen molar-refractivity contribution in [3.8, 4) is 0 Å². The molecule has 0 saturated carbocycles. The van der Waals surface area contributed by atoms with Crippen LogP contribution in [0, 0.1) is 4.91 Å². The number of rotatable bonds is 5. The van der Waals surface area contributed by atoms with Crippen molar-refractivity contribution in [3.05, 3.63) is 64.6 Å². The van der Waals surface area contributed by atoms with E-state index in [-0.39, 0.29) is 0 Å². The van der Waals surface area contributed by atoms with Gasteiger partial charge in [0.15, 0.2) is 0 Å². The molecular weight excluding hydrogens is 228 g/mol. The molecule has 1 N–H and O–H groups in total. The second-order valence-electron chi connectivity index (χ2n) is 3.94. The number of anilines is 1. The van der Waals surface area contributed by atoms with Crippen LogP contribution in [0.5, 0.6) is 0 Å². The molecule has 0 aliphatic heterocycles. The van der Waals surface area contributed by atoms with Gasteiger partial charge in [0.1, 0.15) is 5.69 Å². The average molecular weight is 242 g/mol. The Labute approximate surface area is 106 Å². The summed E-state index contributed by atoms with van der Waals surface area (Å²) in [6, 6.07) is 15.3. The number of hydrogen-bond acceptors (Lipinski definition) is 4. The monoisotopic (exact) mass is 242 g/mol. The van der Waals surface area contributed by atoms with Crippen LogP contribution in [0.1, 0.15) is 11.1 Å². The van der Waals surface area contributed by atoms with Gasteiger partial charge in [0.05, 0.1) is 12.8 Å². The van der Waals surface area contributed by atoms with E-state index in [9.17, 15) is 4.91 Å². The summed E-state index contributed by atoms with van der Waals surface area (Å²) in [4.78, 5) is 15.1. The van der Waals surface area contributed by atoms with E-state index >= 15 is 0 Å². The van der Waals surface area contributed by atoms with Crippen LogP contribution >= 0.6 is 0 Å². The van der Waals surface area contributed by atoms with Crippen molar-refractivity contribution in [1.82, 2.24) is 0 Å². The maximum absolute atomic E-state index is 10.3. The molecule has 0 spiro atoms. The van der Waals surface area contributed by atoms with Gasteiger partial charge in [0, 0.05) is 0 Å². The highest BCUT2D eigenvalue weighted by molar-refractivity contribution is 5.44. The summed E-state index contributed by atoms with van der Waals surface area (Å²) >= 11 is 0. The van der Waals surface area contributed by atoms with Gasteiger partial charge in [-0.3, -0.25) is 10.3 Å². The van der Waals surface area contributed by atoms with Gasteiger partial charge < -0.3 is 0 Å². The quantitative estimate of drug-likeness (QED) is 0.643. The second-order valence-corrected chi connectivity index (χ2v) is 3.94. The first-order valence-corrected chi connectivity index (χ1v) is 5.62. The second kappa shape index (κ2) is 5.93. The Balaban J connectivity index is 2.05. The first-order chi connectivity index (χ1) is 8.81. The van der Waals surface area contributed by atoms with E-state index in [1.54, 1.807) is 19.2 Å². The molecule has 0 aliphatic carbocycles. The van der Waals surface area contributed by atoms with Crippen LogP contribution in [-0.4, -0.2) is 7.11 Å². The Morgan fingerprint density at radius 1 is 1.00 bits per heavy atom. The largest absolute Gasteiger partial charge is 0.279 e. The molecule has 0 unspecified atom stereocenters. The van der Waals surface area contributed by atoms with Crippen molar-refractivity contribution in [3.63, 3.8) is 0 Å². The Morgan fingerprint density at radius 2 is 1.56 bits per heavy atom. The molecule has 0 atom stereocenters. The Bertz CT molecular complexity index is 506. The zero-order valence-electron chi connectivity index (χ0n) is 10.1. The highest BCUT2D eigenvalue weighted by Crippen LogP contribution is 2.16. The molecule has 0 saturated heterocycles. The lowest BCUT2D eigenvalue weighted by Crippen LogP contribution is -1.95. The molecule has 18 heavy (non-hydrogen) atoms. The first-order valence-electron chi connectivity index (χ1n) is 5.62. The molecule has 0 heterocycles. The lowest BCUT2D eigenvalue weighted by molar-refractivity contribution is 0.271. The first kappa shape index (κ1) is 12.3. The molecule has 4 nitrogen and oxygen atoms in total. The predicted octanol–water partition coefficient (Wildman–Crippen LogP) is 3.65. The van der Waals surface area contributed by atoms with E-state index in [0.29, 0.717) is 5.69 Å². The van der Waals surface area contributed by atoms with Crippen LogP contribution in [0.25, 0.3) is 0 Å². The van der Waals surface area contributed by atoms with E-state index < -0.39 is 0 Å². The minimum absolute atomic E-state index is 0.457. The summed E-state index contributed by atoms with van der Waals surface area (Å²) in [7, 11) is 1.58. The summed E-state index contributed by atoms with van der Waals surface area (Å²) < 4.78 is 0. The van der Waals surface area contributed by atoms with E-state index in [1.807, 2.05) is 36.4 Å².